The van der Waals surface area contributed by atoms with Crippen LogP contribution >= 0.6 is 22.9 Å². The van der Waals surface area contributed by atoms with Crippen molar-refractivity contribution >= 4 is 22.9 Å². The predicted octanol–water partition coefficient (Wildman–Crippen LogP) is 2.89. The molecule has 84 valence electrons. The minimum Gasteiger partial charge on any atom is -0.329 e. The Morgan fingerprint density at radius 1 is 1.73 bits per heavy atom. The predicted molar refractivity (Wildman–Crippen MR) is 66.5 cm³/mol. The van der Waals surface area contributed by atoms with Crippen LogP contribution in [0.3, 0.4) is 0 Å². The molecule has 0 bridgehead atoms. The average molecular weight is 245 g/mol. The van der Waals surface area contributed by atoms with Crippen LogP contribution in [0.5, 0.6) is 0 Å². The molecule has 1 fully saturated rings. The maximum absolute atomic E-state index is 5.96. The number of hydrogen-bond donors (Lipinski definition) is 1. The molecule has 1 aromatic rings. The second-order valence-corrected chi connectivity index (χ2v) is 5.53. The summed E-state index contributed by atoms with van der Waals surface area (Å²) in [6, 6.07) is 3.06. The van der Waals surface area contributed by atoms with Crippen molar-refractivity contribution in [2.75, 3.05) is 13.1 Å². The maximum atomic E-state index is 5.96. The smallest absolute Gasteiger partial charge is 0.0567 e. The van der Waals surface area contributed by atoms with Crippen molar-refractivity contribution in [3.05, 3.63) is 21.3 Å². The highest BCUT2D eigenvalue weighted by Crippen LogP contribution is 2.33. The molecule has 2 rings (SSSR count). The molecule has 1 aromatic heterocycles. The lowest BCUT2D eigenvalue weighted by molar-refractivity contribution is 0.198. The Labute approximate surface area is 100 Å². The quantitative estimate of drug-likeness (QED) is 0.886. The highest BCUT2D eigenvalue weighted by atomic mass is 35.5. The van der Waals surface area contributed by atoms with Gasteiger partial charge in [-0.25, -0.2) is 0 Å². The summed E-state index contributed by atoms with van der Waals surface area (Å²) in [7, 11) is 0. The van der Waals surface area contributed by atoms with E-state index < -0.39 is 0 Å². The van der Waals surface area contributed by atoms with Crippen molar-refractivity contribution in [3.63, 3.8) is 0 Å². The number of thiophene rings is 1. The van der Waals surface area contributed by atoms with Gasteiger partial charge in [-0.15, -0.1) is 11.3 Å². The molecular formula is C11H17ClN2S. The SMILES string of the molecule is CC1CCCN1C(CN)c1cc(Cl)cs1. The minimum absolute atomic E-state index is 0.361. The zero-order valence-corrected chi connectivity index (χ0v) is 10.5. The first-order valence-electron chi connectivity index (χ1n) is 5.42. The van der Waals surface area contributed by atoms with E-state index in [1.165, 1.54) is 24.3 Å². The van der Waals surface area contributed by atoms with Crippen molar-refractivity contribution in [1.29, 1.82) is 0 Å². The van der Waals surface area contributed by atoms with Crippen LogP contribution in [0, 0.1) is 0 Å². The fraction of sp³-hybridized carbons (Fsp3) is 0.636. The van der Waals surface area contributed by atoms with E-state index in [2.05, 4.69) is 17.9 Å². The fourth-order valence-electron chi connectivity index (χ4n) is 2.34. The third kappa shape index (κ3) is 2.36. The lowest BCUT2D eigenvalue weighted by Crippen LogP contribution is -2.35. The monoisotopic (exact) mass is 244 g/mol. The van der Waals surface area contributed by atoms with Crippen LogP contribution < -0.4 is 5.73 Å². The molecule has 0 radical (unpaired) electrons. The summed E-state index contributed by atoms with van der Waals surface area (Å²) >= 11 is 7.67. The summed E-state index contributed by atoms with van der Waals surface area (Å²) in [4.78, 5) is 3.80. The first kappa shape index (κ1) is 11.4. The molecule has 1 saturated heterocycles. The van der Waals surface area contributed by atoms with E-state index in [4.69, 9.17) is 17.3 Å². The Kier molecular flexibility index (Phi) is 3.67. The molecule has 0 amide bonds. The van der Waals surface area contributed by atoms with Gasteiger partial charge in [0.15, 0.2) is 0 Å². The highest BCUT2D eigenvalue weighted by molar-refractivity contribution is 7.10. The number of rotatable bonds is 3. The molecule has 4 heteroatoms. The molecule has 0 aliphatic carbocycles. The maximum Gasteiger partial charge on any atom is 0.0567 e. The van der Waals surface area contributed by atoms with E-state index in [0.29, 0.717) is 18.6 Å². The average Bonchev–Trinajstić information content (AvgIpc) is 2.79. The van der Waals surface area contributed by atoms with E-state index in [1.807, 2.05) is 5.38 Å². The summed E-state index contributed by atoms with van der Waals surface area (Å²) < 4.78 is 0. The van der Waals surface area contributed by atoms with Gasteiger partial charge in [-0.3, -0.25) is 4.90 Å². The van der Waals surface area contributed by atoms with Crippen LogP contribution in [0.4, 0.5) is 0 Å². The zero-order valence-electron chi connectivity index (χ0n) is 8.95. The van der Waals surface area contributed by atoms with Crippen LogP contribution in [0.25, 0.3) is 0 Å². The third-order valence-corrected chi connectivity index (χ3v) is 4.53. The van der Waals surface area contributed by atoms with Gasteiger partial charge in [0.25, 0.3) is 0 Å². The Morgan fingerprint density at radius 2 is 2.53 bits per heavy atom. The Bertz CT molecular complexity index is 326. The Hall–Kier alpha value is -0.0900. The molecule has 2 heterocycles. The van der Waals surface area contributed by atoms with Crippen LogP contribution in [-0.4, -0.2) is 24.0 Å². The topological polar surface area (TPSA) is 29.3 Å². The molecule has 2 nitrogen and oxygen atoms in total. The molecule has 2 N–H and O–H groups in total. The number of halogens is 1. The Morgan fingerprint density at radius 3 is 3.00 bits per heavy atom. The molecule has 0 saturated carbocycles. The van der Waals surface area contributed by atoms with E-state index in [0.717, 1.165) is 5.02 Å². The van der Waals surface area contributed by atoms with Crippen LogP contribution in [0.1, 0.15) is 30.7 Å². The molecule has 0 aromatic carbocycles. The first-order valence-corrected chi connectivity index (χ1v) is 6.68. The minimum atomic E-state index is 0.361. The van der Waals surface area contributed by atoms with Gasteiger partial charge in [0.2, 0.25) is 0 Å². The lowest BCUT2D eigenvalue weighted by Gasteiger charge is -2.29. The summed E-state index contributed by atoms with van der Waals surface area (Å²) in [6.45, 7) is 4.13. The zero-order chi connectivity index (χ0) is 10.8. The van der Waals surface area contributed by atoms with Gasteiger partial charge in [0.05, 0.1) is 11.1 Å². The van der Waals surface area contributed by atoms with Crippen molar-refractivity contribution in [1.82, 2.24) is 4.90 Å². The van der Waals surface area contributed by atoms with Gasteiger partial charge in [-0.2, -0.15) is 0 Å². The Balaban J connectivity index is 2.16. The second kappa shape index (κ2) is 4.83. The summed E-state index contributed by atoms with van der Waals surface area (Å²) in [5.41, 5.74) is 5.88. The molecular weight excluding hydrogens is 228 g/mol. The van der Waals surface area contributed by atoms with Gasteiger partial charge < -0.3 is 5.73 Å². The van der Waals surface area contributed by atoms with Crippen molar-refractivity contribution in [3.8, 4) is 0 Å². The second-order valence-electron chi connectivity index (χ2n) is 4.15. The number of hydrogen-bond acceptors (Lipinski definition) is 3. The molecule has 2 unspecified atom stereocenters. The van der Waals surface area contributed by atoms with Gasteiger partial charge in [-0.05, 0) is 32.4 Å². The van der Waals surface area contributed by atoms with Crippen LogP contribution in [-0.2, 0) is 0 Å². The first-order chi connectivity index (χ1) is 7.22. The van der Waals surface area contributed by atoms with E-state index in [-0.39, 0.29) is 0 Å². The number of nitrogens with zero attached hydrogens (tertiary/aromatic N) is 1. The fourth-order valence-corrected chi connectivity index (χ4v) is 3.55. The van der Waals surface area contributed by atoms with Crippen LogP contribution in [0.2, 0.25) is 5.02 Å². The van der Waals surface area contributed by atoms with E-state index in [1.54, 1.807) is 11.3 Å². The third-order valence-electron chi connectivity index (χ3n) is 3.14. The molecule has 15 heavy (non-hydrogen) atoms. The largest absolute Gasteiger partial charge is 0.329 e. The lowest BCUT2D eigenvalue weighted by atomic mass is 10.2. The van der Waals surface area contributed by atoms with Gasteiger partial charge in [-0.1, -0.05) is 11.6 Å². The summed E-state index contributed by atoms with van der Waals surface area (Å²) in [5.74, 6) is 0. The number of likely N-dealkylation sites (tertiary alicyclic amines) is 1. The van der Waals surface area contributed by atoms with Crippen molar-refractivity contribution < 1.29 is 0 Å². The number of nitrogens with two attached hydrogens (primary N) is 1. The normalized spacial score (nSPS) is 24.6. The van der Waals surface area contributed by atoms with E-state index >= 15 is 0 Å². The van der Waals surface area contributed by atoms with E-state index in [9.17, 15) is 0 Å². The molecule has 1 aliphatic heterocycles. The van der Waals surface area contributed by atoms with Gasteiger partial charge in [0.1, 0.15) is 0 Å². The summed E-state index contributed by atoms with van der Waals surface area (Å²) in [6.07, 6.45) is 2.58. The van der Waals surface area contributed by atoms with Crippen molar-refractivity contribution in [2.24, 2.45) is 5.73 Å². The van der Waals surface area contributed by atoms with Gasteiger partial charge >= 0.3 is 0 Å². The molecule has 0 spiro atoms. The van der Waals surface area contributed by atoms with Gasteiger partial charge in [0, 0.05) is 22.8 Å². The van der Waals surface area contributed by atoms with Crippen LogP contribution in [0.15, 0.2) is 11.4 Å². The van der Waals surface area contributed by atoms with Crippen molar-refractivity contribution in [2.45, 2.75) is 31.8 Å². The highest BCUT2D eigenvalue weighted by Gasteiger charge is 2.28. The standard InChI is InChI=1S/C11H17ClN2S/c1-8-3-2-4-14(8)10(6-13)11-5-9(12)7-15-11/h5,7-8,10H,2-4,6,13H2,1H3. The summed E-state index contributed by atoms with van der Waals surface area (Å²) in [5, 5.41) is 2.82. The molecule has 1 aliphatic rings. The molecule has 2 atom stereocenters.